The second-order valence-corrected chi connectivity index (χ2v) is 4.57. The minimum Gasteiger partial charge on any atom is -0.0972 e. The molecule has 1 heteroatoms. The fourth-order valence-electron chi connectivity index (χ4n) is 0.663. The summed E-state index contributed by atoms with van der Waals surface area (Å²) in [6.45, 7) is 4.51. The third-order valence-electron chi connectivity index (χ3n) is 1.43. The zero-order chi connectivity index (χ0) is 5.98. The molecule has 0 fully saturated rings. The molecule has 1 heterocycles. The highest BCUT2D eigenvalue weighted by Crippen LogP contribution is 2.29. The zero-order valence-corrected chi connectivity index (χ0v) is 6.31. The Morgan fingerprint density at radius 2 is 2.12 bits per heavy atom. The summed E-state index contributed by atoms with van der Waals surface area (Å²) in [6.07, 6.45) is 6.45. The fraction of sp³-hybridized carbons (Fsp3) is 0.286. The lowest BCUT2D eigenvalue weighted by Gasteiger charge is -2.01. The highest BCUT2D eigenvalue weighted by molar-refractivity contribution is 7.61. The van der Waals surface area contributed by atoms with Crippen molar-refractivity contribution in [3.05, 3.63) is 23.5 Å². The molecule has 0 aromatic carbocycles. The first-order valence-electron chi connectivity index (χ1n) is 2.83. The quantitative estimate of drug-likeness (QED) is 0.436. The van der Waals surface area contributed by atoms with Gasteiger partial charge in [-0.1, -0.05) is 36.9 Å². The van der Waals surface area contributed by atoms with Crippen LogP contribution in [-0.2, 0) is 0 Å². The van der Waals surface area contributed by atoms with Crippen molar-refractivity contribution in [2.24, 2.45) is 0 Å². The molecular formula is C7H11P. The monoisotopic (exact) mass is 126 g/mol. The molecule has 0 saturated heterocycles. The summed E-state index contributed by atoms with van der Waals surface area (Å²) >= 11 is 0. The SMILES string of the molecule is CC1=CC=CC=[PH]1C. The van der Waals surface area contributed by atoms with Gasteiger partial charge >= 0.3 is 0 Å². The third-order valence-corrected chi connectivity index (χ3v) is 3.53. The molecule has 0 nitrogen and oxygen atoms in total. The molecule has 0 radical (unpaired) electrons. The molecule has 1 atom stereocenters. The molecule has 1 unspecified atom stereocenters. The van der Waals surface area contributed by atoms with E-state index in [0.717, 1.165) is 0 Å². The van der Waals surface area contributed by atoms with E-state index in [9.17, 15) is 0 Å². The van der Waals surface area contributed by atoms with Gasteiger partial charge in [0.1, 0.15) is 0 Å². The summed E-state index contributed by atoms with van der Waals surface area (Å²) in [7, 11) is -0.221. The summed E-state index contributed by atoms with van der Waals surface area (Å²) in [6, 6.07) is 0. The van der Waals surface area contributed by atoms with Crippen LogP contribution in [0, 0.1) is 0 Å². The first-order chi connectivity index (χ1) is 3.80. The van der Waals surface area contributed by atoms with E-state index in [1.165, 1.54) is 0 Å². The van der Waals surface area contributed by atoms with E-state index in [4.69, 9.17) is 0 Å². The molecular weight excluding hydrogens is 115 g/mol. The lowest BCUT2D eigenvalue weighted by Crippen LogP contribution is -1.73. The Hall–Kier alpha value is -0.220. The van der Waals surface area contributed by atoms with Gasteiger partial charge in [-0.05, 0) is 13.6 Å². The predicted octanol–water partition coefficient (Wildman–Crippen LogP) is 2.11. The Balaban J connectivity index is 2.93. The lowest BCUT2D eigenvalue weighted by atomic mass is 10.4. The molecule has 1 rings (SSSR count). The number of allylic oxidation sites excluding steroid dienone is 4. The van der Waals surface area contributed by atoms with E-state index in [0.29, 0.717) is 0 Å². The molecule has 0 N–H and O–H groups in total. The molecule has 0 aliphatic carbocycles. The van der Waals surface area contributed by atoms with Crippen LogP contribution in [0.5, 0.6) is 0 Å². The maximum Gasteiger partial charge on any atom is -0.0396 e. The molecule has 0 spiro atoms. The molecule has 1 aliphatic heterocycles. The van der Waals surface area contributed by atoms with Gasteiger partial charge in [-0.25, -0.2) is 0 Å². The van der Waals surface area contributed by atoms with Gasteiger partial charge in [0.15, 0.2) is 0 Å². The van der Waals surface area contributed by atoms with E-state index in [1.54, 1.807) is 5.31 Å². The maximum absolute atomic E-state index is 2.31. The number of hydrogen-bond donors (Lipinski definition) is 0. The molecule has 1 aliphatic rings. The van der Waals surface area contributed by atoms with Crippen molar-refractivity contribution < 1.29 is 0 Å². The minimum atomic E-state index is -0.221. The van der Waals surface area contributed by atoms with E-state index < -0.39 is 0 Å². The van der Waals surface area contributed by atoms with Gasteiger partial charge in [0.05, 0.1) is 0 Å². The Labute approximate surface area is 51.3 Å². The normalized spacial score (nSPS) is 26.8. The van der Waals surface area contributed by atoms with Gasteiger partial charge in [-0.3, -0.25) is 0 Å². The Kier molecular flexibility index (Phi) is 1.75. The highest BCUT2D eigenvalue weighted by atomic mass is 31.1. The van der Waals surface area contributed by atoms with Crippen molar-refractivity contribution in [2.45, 2.75) is 6.92 Å². The first kappa shape index (κ1) is 5.91. The molecule has 8 heavy (non-hydrogen) atoms. The predicted molar refractivity (Wildman–Crippen MR) is 43.2 cm³/mol. The highest BCUT2D eigenvalue weighted by Gasteiger charge is 1.89. The smallest absolute Gasteiger partial charge is 0.0396 e. The van der Waals surface area contributed by atoms with Crippen LogP contribution in [0.4, 0.5) is 0 Å². The van der Waals surface area contributed by atoms with Crippen LogP contribution in [0.25, 0.3) is 0 Å². The molecule has 0 aromatic rings. The lowest BCUT2D eigenvalue weighted by molar-refractivity contribution is 1.66. The van der Waals surface area contributed by atoms with Crippen LogP contribution in [0.2, 0.25) is 0 Å². The van der Waals surface area contributed by atoms with E-state index in [-0.39, 0.29) is 7.55 Å². The van der Waals surface area contributed by atoms with E-state index >= 15 is 0 Å². The van der Waals surface area contributed by atoms with Gasteiger partial charge in [0, 0.05) is 0 Å². The van der Waals surface area contributed by atoms with Gasteiger partial charge in [-0.15, -0.1) is 0 Å². The van der Waals surface area contributed by atoms with Crippen LogP contribution >= 0.6 is 7.55 Å². The Morgan fingerprint density at radius 1 is 1.38 bits per heavy atom. The van der Waals surface area contributed by atoms with Crippen molar-refractivity contribution in [1.82, 2.24) is 0 Å². The zero-order valence-electron chi connectivity index (χ0n) is 5.31. The minimum absolute atomic E-state index is 0.221. The summed E-state index contributed by atoms with van der Waals surface area (Å²) < 4.78 is 0. The average Bonchev–Trinajstić information content (AvgIpc) is 1.77. The van der Waals surface area contributed by atoms with Crippen molar-refractivity contribution in [2.75, 3.05) is 6.66 Å². The summed E-state index contributed by atoms with van der Waals surface area (Å²) in [5.74, 6) is 2.31. The Morgan fingerprint density at radius 3 is 2.50 bits per heavy atom. The third kappa shape index (κ3) is 1.14. The van der Waals surface area contributed by atoms with Crippen LogP contribution in [-0.4, -0.2) is 12.5 Å². The topological polar surface area (TPSA) is 0 Å². The largest absolute Gasteiger partial charge is 0.0972 e. The summed E-state index contributed by atoms with van der Waals surface area (Å²) in [4.78, 5) is 0. The summed E-state index contributed by atoms with van der Waals surface area (Å²) in [5, 5.41) is 1.55. The van der Waals surface area contributed by atoms with Crippen LogP contribution in [0.1, 0.15) is 6.92 Å². The van der Waals surface area contributed by atoms with Crippen molar-refractivity contribution >= 4 is 13.3 Å². The molecule has 0 bridgehead atoms. The van der Waals surface area contributed by atoms with Crippen LogP contribution < -0.4 is 0 Å². The van der Waals surface area contributed by atoms with Crippen LogP contribution in [0.15, 0.2) is 23.5 Å². The van der Waals surface area contributed by atoms with Crippen molar-refractivity contribution in [1.29, 1.82) is 0 Å². The molecule has 0 amide bonds. The number of rotatable bonds is 0. The first-order valence-corrected chi connectivity index (χ1v) is 4.90. The van der Waals surface area contributed by atoms with Crippen molar-refractivity contribution in [3.63, 3.8) is 0 Å². The number of hydrogen-bond acceptors (Lipinski definition) is 0. The maximum atomic E-state index is 2.31. The van der Waals surface area contributed by atoms with Gasteiger partial charge in [-0.2, -0.15) is 0 Å². The molecule has 0 saturated carbocycles. The molecule has 0 aromatic heterocycles. The van der Waals surface area contributed by atoms with Crippen molar-refractivity contribution in [3.8, 4) is 0 Å². The van der Waals surface area contributed by atoms with Gasteiger partial charge < -0.3 is 0 Å². The molecule has 44 valence electrons. The van der Waals surface area contributed by atoms with E-state index in [1.807, 2.05) is 0 Å². The van der Waals surface area contributed by atoms with Gasteiger partial charge in [0.2, 0.25) is 0 Å². The Bertz CT molecular complexity index is 153. The average molecular weight is 126 g/mol. The second-order valence-electron chi connectivity index (χ2n) is 2.08. The summed E-state index contributed by atoms with van der Waals surface area (Å²) in [5.41, 5.74) is 0. The van der Waals surface area contributed by atoms with Crippen LogP contribution in [0.3, 0.4) is 0 Å². The van der Waals surface area contributed by atoms with Gasteiger partial charge in [0.25, 0.3) is 0 Å². The fourth-order valence-corrected chi connectivity index (χ4v) is 1.68. The second kappa shape index (κ2) is 2.37. The van der Waals surface area contributed by atoms with E-state index in [2.05, 4.69) is 37.6 Å². The standard InChI is InChI=1S/C7H11P/c1-7-5-3-4-6-8(7)2/h3-6,8H,1-2H3.